The number of hydrogen-bond acceptors (Lipinski definition) is 6. The second-order valence-corrected chi connectivity index (χ2v) is 6.09. The summed E-state index contributed by atoms with van der Waals surface area (Å²) in [4.78, 5) is 18.5. The highest BCUT2D eigenvalue weighted by Crippen LogP contribution is 2.26. The lowest BCUT2D eigenvalue weighted by molar-refractivity contribution is -0.147. The minimum Gasteiger partial charge on any atom is -0.461 e. The van der Waals surface area contributed by atoms with Crippen LogP contribution in [0.4, 0.5) is 0 Å². The Morgan fingerprint density at radius 3 is 2.86 bits per heavy atom. The van der Waals surface area contributed by atoms with Crippen LogP contribution in [-0.4, -0.2) is 57.9 Å². The number of rotatable bonds is 3. The van der Waals surface area contributed by atoms with Crippen LogP contribution in [0, 0.1) is 0 Å². The number of aromatic nitrogens is 3. The first-order chi connectivity index (χ1) is 10.0. The zero-order valence-corrected chi connectivity index (χ0v) is 12.7. The number of morpholine rings is 1. The molecule has 1 aromatic heterocycles. The molecular weight excluding hydrogens is 272 g/mol. The summed E-state index contributed by atoms with van der Waals surface area (Å²) in [5.74, 6) is 1.69. The Hall–Kier alpha value is -1.47. The van der Waals surface area contributed by atoms with Gasteiger partial charge in [-0.2, -0.15) is 5.10 Å². The van der Waals surface area contributed by atoms with Crippen molar-refractivity contribution in [2.24, 2.45) is 0 Å². The number of aromatic amines is 1. The van der Waals surface area contributed by atoms with Gasteiger partial charge in [-0.25, -0.2) is 4.98 Å². The zero-order valence-electron chi connectivity index (χ0n) is 12.7. The van der Waals surface area contributed by atoms with Gasteiger partial charge in [-0.15, -0.1) is 0 Å². The van der Waals surface area contributed by atoms with Gasteiger partial charge in [0.25, 0.3) is 0 Å². The van der Waals surface area contributed by atoms with Crippen LogP contribution in [0.1, 0.15) is 50.9 Å². The number of carbonyl (C=O) groups is 1. The maximum atomic E-state index is 11.9. The predicted octanol–water partition coefficient (Wildman–Crippen LogP) is 1.01. The quantitative estimate of drug-likeness (QED) is 0.838. The maximum Gasteiger partial charge on any atom is 0.323 e. The summed E-state index contributed by atoms with van der Waals surface area (Å²) < 4.78 is 11.0. The second kappa shape index (κ2) is 5.73. The van der Waals surface area contributed by atoms with Crippen LogP contribution in [-0.2, 0) is 14.3 Å². The van der Waals surface area contributed by atoms with Crippen molar-refractivity contribution in [3.05, 3.63) is 11.6 Å². The third-order valence-electron chi connectivity index (χ3n) is 4.02. The minimum absolute atomic E-state index is 0.00150. The highest BCUT2D eigenvalue weighted by atomic mass is 16.6. The number of H-pyrrole nitrogens is 1. The molecule has 2 aliphatic heterocycles. The molecule has 3 rings (SSSR count). The van der Waals surface area contributed by atoms with E-state index in [1.165, 1.54) is 0 Å². The average molecular weight is 294 g/mol. The van der Waals surface area contributed by atoms with E-state index in [1.807, 2.05) is 6.92 Å². The molecule has 1 aromatic rings. The molecule has 2 aliphatic rings. The number of hydrogen-bond donors (Lipinski definition) is 1. The topological polar surface area (TPSA) is 80.3 Å². The van der Waals surface area contributed by atoms with Gasteiger partial charge in [-0.05, 0) is 6.92 Å². The lowest BCUT2D eigenvalue weighted by Gasteiger charge is -2.34. The molecule has 0 spiro atoms. The van der Waals surface area contributed by atoms with E-state index < -0.39 is 0 Å². The number of nitrogens with one attached hydrogen (secondary N) is 1. The molecule has 2 fully saturated rings. The Bertz CT molecular complexity index is 516. The number of ether oxygens (including phenoxy) is 2. The Kier molecular flexibility index (Phi) is 3.95. The normalized spacial score (nSPS) is 30.9. The number of carbonyl (C=O) groups excluding carboxylic acids is 1. The van der Waals surface area contributed by atoms with Gasteiger partial charge in [0.15, 0.2) is 11.6 Å². The van der Waals surface area contributed by atoms with Crippen molar-refractivity contribution in [2.75, 3.05) is 19.7 Å². The van der Waals surface area contributed by atoms with Crippen molar-refractivity contribution < 1.29 is 14.3 Å². The van der Waals surface area contributed by atoms with Crippen molar-refractivity contribution in [3.8, 4) is 0 Å². The summed E-state index contributed by atoms with van der Waals surface area (Å²) in [7, 11) is 0. The molecule has 0 aliphatic carbocycles. The number of esters is 1. The number of nitrogens with zero attached hydrogens (tertiary/aromatic N) is 3. The minimum atomic E-state index is -0.164. The summed E-state index contributed by atoms with van der Waals surface area (Å²) in [6, 6.07) is -0.154. The largest absolute Gasteiger partial charge is 0.461 e. The third-order valence-corrected chi connectivity index (χ3v) is 4.02. The molecule has 7 heteroatoms. The Labute approximate surface area is 124 Å². The van der Waals surface area contributed by atoms with E-state index in [2.05, 4.69) is 33.9 Å². The molecule has 0 unspecified atom stereocenters. The molecule has 21 heavy (non-hydrogen) atoms. The van der Waals surface area contributed by atoms with Gasteiger partial charge in [-0.1, -0.05) is 13.8 Å². The molecule has 116 valence electrons. The standard InChI is InChI=1S/C14H22N4O3/c1-8(2)12-15-13(17-16-12)11-7-18(4-5-20-11)10-6-9(3)21-14(10)19/h8-11H,4-7H2,1-3H3,(H,15,16,17)/t9-,10+,11+/m1/s1. The highest BCUT2D eigenvalue weighted by molar-refractivity contribution is 5.78. The van der Waals surface area contributed by atoms with Crippen LogP contribution in [0.3, 0.4) is 0 Å². The van der Waals surface area contributed by atoms with E-state index in [0.717, 1.165) is 24.6 Å². The average Bonchev–Trinajstić information content (AvgIpc) is 3.06. The van der Waals surface area contributed by atoms with Gasteiger partial charge in [0.05, 0.1) is 6.61 Å². The van der Waals surface area contributed by atoms with Crippen LogP contribution < -0.4 is 0 Å². The molecule has 0 aromatic carbocycles. The van der Waals surface area contributed by atoms with Crippen molar-refractivity contribution in [2.45, 2.75) is 51.4 Å². The molecule has 7 nitrogen and oxygen atoms in total. The molecule has 0 bridgehead atoms. The van der Waals surface area contributed by atoms with E-state index >= 15 is 0 Å². The monoisotopic (exact) mass is 294 g/mol. The fourth-order valence-corrected chi connectivity index (χ4v) is 2.84. The van der Waals surface area contributed by atoms with Crippen molar-refractivity contribution >= 4 is 5.97 Å². The van der Waals surface area contributed by atoms with Crippen LogP contribution in [0.15, 0.2) is 0 Å². The maximum absolute atomic E-state index is 11.9. The molecule has 0 saturated carbocycles. The summed E-state index contributed by atoms with van der Waals surface area (Å²) in [6.07, 6.45) is 0.586. The van der Waals surface area contributed by atoms with Crippen LogP contribution in [0.5, 0.6) is 0 Å². The molecule has 0 radical (unpaired) electrons. The summed E-state index contributed by atoms with van der Waals surface area (Å²) in [5, 5.41) is 7.17. The predicted molar refractivity (Wildman–Crippen MR) is 74.7 cm³/mol. The van der Waals surface area contributed by atoms with E-state index in [4.69, 9.17) is 9.47 Å². The molecule has 3 atom stereocenters. The molecule has 3 heterocycles. The molecule has 1 N–H and O–H groups in total. The smallest absolute Gasteiger partial charge is 0.323 e. The first kappa shape index (κ1) is 14.5. The fourth-order valence-electron chi connectivity index (χ4n) is 2.84. The van der Waals surface area contributed by atoms with Gasteiger partial charge in [0.1, 0.15) is 18.2 Å². The van der Waals surface area contributed by atoms with Gasteiger partial charge in [0, 0.05) is 25.4 Å². The Morgan fingerprint density at radius 2 is 2.24 bits per heavy atom. The fraction of sp³-hybridized carbons (Fsp3) is 0.786. The molecule has 0 amide bonds. The highest BCUT2D eigenvalue weighted by Gasteiger charge is 2.39. The Balaban J connectivity index is 1.69. The third kappa shape index (κ3) is 2.94. The summed E-state index contributed by atoms with van der Waals surface area (Å²) >= 11 is 0. The second-order valence-electron chi connectivity index (χ2n) is 6.09. The summed E-state index contributed by atoms with van der Waals surface area (Å²) in [6.45, 7) is 8.00. The SMILES string of the molecule is CC(C)c1n[nH]c([C@@H]2CN([C@H]3C[C@@H](C)OC3=O)CCO2)n1. The van der Waals surface area contributed by atoms with Gasteiger partial charge in [0.2, 0.25) is 0 Å². The van der Waals surface area contributed by atoms with E-state index in [-0.39, 0.29) is 30.1 Å². The van der Waals surface area contributed by atoms with Crippen molar-refractivity contribution in [1.82, 2.24) is 20.1 Å². The lowest BCUT2D eigenvalue weighted by Crippen LogP contribution is -2.46. The van der Waals surface area contributed by atoms with Gasteiger partial charge in [-0.3, -0.25) is 14.8 Å². The van der Waals surface area contributed by atoms with Gasteiger partial charge < -0.3 is 9.47 Å². The van der Waals surface area contributed by atoms with Crippen molar-refractivity contribution in [1.29, 1.82) is 0 Å². The lowest BCUT2D eigenvalue weighted by atomic mass is 10.1. The van der Waals surface area contributed by atoms with E-state index in [0.29, 0.717) is 13.2 Å². The first-order valence-electron chi connectivity index (χ1n) is 7.53. The van der Waals surface area contributed by atoms with Crippen LogP contribution in [0.2, 0.25) is 0 Å². The number of cyclic esters (lactones) is 1. The molecular formula is C14H22N4O3. The van der Waals surface area contributed by atoms with Crippen LogP contribution in [0.25, 0.3) is 0 Å². The summed E-state index contributed by atoms with van der Waals surface area (Å²) in [5.41, 5.74) is 0. The zero-order chi connectivity index (χ0) is 15.0. The first-order valence-corrected chi connectivity index (χ1v) is 7.53. The van der Waals surface area contributed by atoms with Gasteiger partial charge >= 0.3 is 5.97 Å². The molecule has 2 saturated heterocycles. The van der Waals surface area contributed by atoms with Crippen molar-refractivity contribution in [3.63, 3.8) is 0 Å². The Morgan fingerprint density at radius 1 is 1.43 bits per heavy atom. The van der Waals surface area contributed by atoms with E-state index in [9.17, 15) is 4.79 Å². The van der Waals surface area contributed by atoms with Crippen LogP contribution >= 0.6 is 0 Å². The van der Waals surface area contributed by atoms with E-state index in [1.54, 1.807) is 0 Å².